The fourth-order valence-electron chi connectivity index (χ4n) is 4.23. The minimum atomic E-state index is -2.55. The van der Waals surface area contributed by atoms with Gasteiger partial charge in [-0.1, -0.05) is 88.4 Å². The minimum absolute atomic E-state index is 0.0525. The van der Waals surface area contributed by atoms with Crippen LogP contribution in [-0.4, -0.2) is 39.7 Å². The molecule has 5 heteroatoms. The molecule has 1 heterocycles. The molecule has 3 atom stereocenters. The number of hydrogen-bond acceptors (Lipinski definition) is 4. The third kappa shape index (κ3) is 5.35. The Balaban J connectivity index is 1.80. The van der Waals surface area contributed by atoms with Gasteiger partial charge in [-0.3, -0.25) is 0 Å². The highest BCUT2D eigenvalue weighted by atomic mass is 28.4. The number of benzene rings is 2. The average Bonchev–Trinajstić information content (AvgIpc) is 3.53. The first-order valence-corrected chi connectivity index (χ1v) is 13.0. The van der Waals surface area contributed by atoms with Crippen LogP contribution in [0.2, 0.25) is 5.04 Å². The summed E-state index contributed by atoms with van der Waals surface area (Å²) in [5, 5.41) is 2.50. The SMILES string of the molecule is CCOC(=O)/C=C/[C@@H]1O[C@H]1[C@H](C)CO[Si](c1ccccc1)(c1ccccc1)C(C)(C)C. The molecule has 1 aliphatic rings. The first-order valence-electron chi connectivity index (χ1n) is 11.0. The summed E-state index contributed by atoms with van der Waals surface area (Å²) in [4.78, 5) is 11.5. The van der Waals surface area contributed by atoms with E-state index < -0.39 is 8.32 Å². The van der Waals surface area contributed by atoms with Gasteiger partial charge in [-0.05, 0) is 28.4 Å². The van der Waals surface area contributed by atoms with Crippen molar-refractivity contribution < 1.29 is 18.7 Å². The molecule has 0 saturated carbocycles. The predicted molar refractivity (Wildman–Crippen MR) is 127 cm³/mol. The molecule has 3 rings (SSSR count). The monoisotopic (exact) mass is 438 g/mol. The Hall–Kier alpha value is -2.21. The molecule has 0 aliphatic carbocycles. The number of ether oxygens (including phenoxy) is 2. The minimum Gasteiger partial charge on any atom is -0.463 e. The first kappa shape index (κ1) is 23.5. The molecule has 0 aromatic heterocycles. The van der Waals surface area contributed by atoms with E-state index in [0.29, 0.717) is 13.2 Å². The maximum atomic E-state index is 11.5. The van der Waals surface area contributed by atoms with Crippen molar-refractivity contribution in [2.24, 2.45) is 5.92 Å². The average molecular weight is 439 g/mol. The van der Waals surface area contributed by atoms with E-state index in [1.807, 2.05) is 0 Å². The van der Waals surface area contributed by atoms with Crippen LogP contribution in [0.4, 0.5) is 0 Å². The highest BCUT2D eigenvalue weighted by Crippen LogP contribution is 2.38. The third-order valence-electron chi connectivity index (χ3n) is 5.81. The van der Waals surface area contributed by atoms with Gasteiger partial charge in [0.1, 0.15) is 6.10 Å². The van der Waals surface area contributed by atoms with Crippen LogP contribution in [0.3, 0.4) is 0 Å². The normalized spacial score (nSPS) is 19.9. The van der Waals surface area contributed by atoms with Crippen LogP contribution in [0.1, 0.15) is 34.6 Å². The van der Waals surface area contributed by atoms with Crippen molar-refractivity contribution in [1.82, 2.24) is 0 Å². The Morgan fingerprint density at radius 3 is 2.10 bits per heavy atom. The molecule has 2 aromatic carbocycles. The fraction of sp³-hybridized carbons (Fsp3) is 0.423. The van der Waals surface area contributed by atoms with Crippen molar-refractivity contribution in [3.63, 3.8) is 0 Å². The second-order valence-electron chi connectivity index (χ2n) is 9.13. The van der Waals surface area contributed by atoms with E-state index in [9.17, 15) is 4.79 Å². The van der Waals surface area contributed by atoms with Crippen LogP contribution in [0.25, 0.3) is 0 Å². The van der Waals surface area contributed by atoms with Gasteiger partial charge in [-0.15, -0.1) is 0 Å². The number of esters is 1. The van der Waals surface area contributed by atoms with Crippen LogP contribution >= 0.6 is 0 Å². The van der Waals surface area contributed by atoms with Gasteiger partial charge < -0.3 is 13.9 Å². The number of hydrogen-bond donors (Lipinski definition) is 0. The molecule has 0 radical (unpaired) electrons. The summed E-state index contributed by atoms with van der Waals surface area (Å²) < 4.78 is 17.7. The van der Waals surface area contributed by atoms with Crippen LogP contribution < -0.4 is 10.4 Å². The van der Waals surface area contributed by atoms with Gasteiger partial charge in [0.05, 0.1) is 12.7 Å². The number of rotatable bonds is 9. The smallest absolute Gasteiger partial charge is 0.330 e. The van der Waals surface area contributed by atoms with E-state index in [1.165, 1.54) is 16.4 Å². The van der Waals surface area contributed by atoms with Crippen LogP contribution in [0.5, 0.6) is 0 Å². The Bertz CT molecular complexity index is 834. The quantitative estimate of drug-likeness (QED) is 0.256. The van der Waals surface area contributed by atoms with E-state index in [1.54, 1.807) is 13.0 Å². The van der Waals surface area contributed by atoms with E-state index in [4.69, 9.17) is 13.9 Å². The summed E-state index contributed by atoms with van der Waals surface area (Å²) >= 11 is 0. The van der Waals surface area contributed by atoms with E-state index >= 15 is 0 Å². The molecule has 2 aromatic rings. The Morgan fingerprint density at radius 1 is 1.06 bits per heavy atom. The summed E-state index contributed by atoms with van der Waals surface area (Å²) in [6.45, 7) is 11.8. The lowest BCUT2D eigenvalue weighted by molar-refractivity contribution is -0.137. The zero-order valence-electron chi connectivity index (χ0n) is 19.2. The van der Waals surface area contributed by atoms with Gasteiger partial charge in [0.15, 0.2) is 0 Å². The van der Waals surface area contributed by atoms with Crippen molar-refractivity contribution in [3.8, 4) is 0 Å². The van der Waals surface area contributed by atoms with Crippen LogP contribution in [0, 0.1) is 5.92 Å². The largest absolute Gasteiger partial charge is 0.463 e. The summed E-state index contributed by atoms with van der Waals surface area (Å²) in [7, 11) is -2.55. The molecule has 0 N–H and O–H groups in total. The summed E-state index contributed by atoms with van der Waals surface area (Å²) in [5.41, 5.74) is 0. The van der Waals surface area contributed by atoms with E-state index in [0.717, 1.165) is 0 Å². The molecule has 4 nitrogen and oxygen atoms in total. The van der Waals surface area contributed by atoms with Gasteiger partial charge in [0, 0.05) is 18.6 Å². The molecule has 0 amide bonds. The van der Waals surface area contributed by atoms with Gasteiger partial charge in [0.2, 0.25) is 0 Å². The first-order chi connectivity index (χ1) is 14.8. The summed E-state index contributed by atoms with van der Waals surface area (Å²) in [6, 6.07) is 21.3. The van der Waals surface area contributed by atoms with Crippen molar-refractivity contribution in [2.75, 3.05) is 13.2 Å². The zero-order valence-corrected chi connectivity index (χ0v) is 20.2. The maximum Gasteiger partial charge on any atom is 0.330 e. The van der Waals surface area contributed by atoms with Gasteiger partial charge in [0.25, 0.3) is 8.32 Å². The lowest BCUT2D eigenvalue weighted by atomic mass is 10.1. The maximum absolute atomic E-state index is 11.5. The van der Waals surface area contributed by atoms with Gasteiger partial charge >= 0.3 is 5.97 Å². The molecule has 166 valence electrons. The molecule has 0 bridgehead atoms. The van der Waals surface area contributed by atoms with Crippen molar-refractivity contribution in [3.05, 3.63) is 72.8 Å². The molecule has 1 aliphatic heterocycles. The predicted octanol–water partition coefficient (Wildman–Crippen LogP) is 4.09. The Morgan fingerprint density at radius 2 is 1.61 bits per heavy atom. The highest BCUT2D eigenvalue weighted by Gasteiger charge is 2.51. The van der Waals surface area contributed by atoms with Crippen molar-refractivity contribution >= 4 is 24.7 Å². The fourth-order valence-corrected chi connectivity index (χ4v) is 8.89. The molecule has 1 saturated heterocycles. The van der Waals surface area contributed by atoms with Crippen LogP contribution in [-0.2, 0) is 18.7 Å². The summed E-state index contributed by atoms with van der Waals surface area (Å²) in [6.07, 6.45) is 3.26. The number of epoxide rings is 1. The molecule has 0 spiro atoms. The van der Waals surface area contributed by atoms with Gasteiger partial charge in [-0.25, -0.2) is 4.79 Å². The molecule has 1 fully saturated rings. The zero-order chi connectivity index (χ0) is 22.5. The molecule has 31 heavy (non-hydrogen) atoms. The second-order valence-corrected chi connectivity index (χ2v) is 13.4. The highest BCUT2D eigenvalue weighted by molar-refractivity contribution is 6.99. The Labute approximate surface area is 187 Å². The van der Waals surface area contributed by atoms with Crippen molar-refractivity contribution in [2.45, 2.75) is 51.9 Å². The van der Waals surface area contributed by atoms with Crippen molar-refractivity contribution in [1.29, 1.82) is 0 Å². The lowest BCUT2D eigenvalue weighted by Gasteiger charge is -2.43. The summed E-state index contributed by atoms with van der Waals surface area (Å²) in [5.74, 6) is -0.119. The standard InChI is InChI=1S/C26H34O4Si/c1-6-28-24(27)18-17-23-25(30-23)20(2)19-29-31(26(3,4)5,21-13-9-7-10-14-21)22-15-11-8-12-16-22/h7-18,20,23,25H,6,19H2,1-5H3/b18-17+/t20-,23+,25+/m1/s1. The Kier molecular flexibility index (Phi) is 7.52. The third-order valence-corrected chi connectivity index (χ3v) is 10.8. The number of carbonyl (C=O) groups excluding carboxylic acids is 1. The van der Waals surface area contributed by atoms with Crippen LogP contribution in [0.15, 0.2) is 72.8 Å². The van der Waals surface area contributed by atoms with E-state index in [2.05, 4.69) is 88.4 Å². The molecular weight excluding hydrogens is 404 g/mol. The second kappa shape index (κ2) is 9.94. The molecule has 0 unspecified atom stereocenters. The van der Waals surface area contributed by atoms with E-state index in [-0.39, 0.29) is 29.1 Å². The topological polar surface area (TPSA) is 48.1 Å². The number of carbonyl (C=O) groups is 1. The van der Waals surface area contributed by atoms with Gasteiger partial charge in [-0.2, -0.15) is 0 Å². The molecular formula is C26H34O4Si. The lowest BCUT2D eigenvalue weighted by Crippen LogP contribution is -2.67.